The topological polar surface area (TPSA) is 62.3 Å². The molecule has 5 heteroatoms. The molecule has 2 aromatic carbocycles. The van der Waals surface area contributed by atoms with Crippen LogP contribution in [0.2, 0.25) is 0 Å². The van der Waals surface area contributed by atoms with Crippen molar-refractivity contribution in [2.24, 2.45) is 0 Å². The highest BCUT2D eigenvalue weighted by atomic mass is 16.2. The summed E-state index contributed by atoms with van der Waals surface area (Å²) in [5.74, 6) is -0.0931. The number of anilines is 2. The molecule has 1 aromatic heterocycles. The highest BCUT2D eigenvalue weighted by molar-refractivity contribution is 6.08. The number of nitrogens with one attached hydrogen (secondary N) is 1. The maximum atomic E-state index is 13.0. The first-order valence-corrected chi connectivity index (χ1v) is 9.81. The summed E-state index contributed by atoms with van der Waals surface area (Å²) in [5, 5.41) is 2.85. The van der Waals surface area contributed by atoms with Crippen molar-refractivity contribution in [1.82, 2.24) is 4.98 Å². The van der Waals surface area contributed by atoms with Gasteiger partial charge in [-0.1, -0.05) is 50.2 Å². The average Bonchev–Trinajstić information content (AvgIpc) is 3.18. The first-order chi connectivity index (χ1) is 14.0. The van der Waals surface area contributed by atoms with Crippen LogP contribution in [0, 0.1) is 0 Å². The molecular weight excluding hydrogens is 362 g/mol. The molecule has 0 saturated heterocycles. The predicted octanol–water partition coefficient (Wildman–Crippen LogP) is 4.66. The minimum Gasteiger partial charge on any atom is -0.321 e. The van der Waals surface area contributed by atoms with E-state index in [0.717, 1.165) is 17.7 Å². The Kier molecular flexibility index (Phi) is 5.12. The standard InChI is InChI=1S/C24H23N3O2/c1-16(2)17-10-12-19(13-11-17)25-23(28)20-7-5-8-21(26-20)24(29)27-15-14-18-6-3-4-9-22(18)27/h3-13,16H,14-15H2,1-2H3,(H,25,28). The third-order valence-corrected chi connectivity index (χ3v) is 5.17. The maximum Gasteiger partial charge on any atom is 0.276 e. The zero-order valence-corrected chi connectivity index (χ0v) is 16.6. The van der Waals surface area contributed by atoms with E-state index >= 15 is 0 Å². The van der Waals surface area contributed by atoms with Crippen molar-refractivity contribution in [3.05, 3.63) is 89.2 Å². The van der Waals surface area contributed by atoms with Crippen LogP contribution >= 0.6 is 0 Å². The highest BCUT2D eigenvalue weighted by Crippen LogP contribution is 2.28. The molecule has 0 fully saturated rings. The van der Waals surface area contributed by atoms with Crippen molar-refractivity contribution < 1.29 is 9.59 Å². The first-order valence-electron chi connectivity index (χ1n) is 9.81. The van der Waals surface area contributed by atoms with Crippen molar-refractivity contribution in [3.63, 3.8) is 0 Å². The van der Waals surface area contributed by atoms with Crippen LogP contribution < -0.4 is 10.2 Å². The summed E-state index contributed by atoms with van der Waals surface area (Å²) in [4.78, 5) is 31.7. The first kappa shape index (κ1) is 18.9. The summed E-state index contributed by atoms with van der Waals surface area (Å²) < 4.78 is 0. The number of pyridine rings is 1. The van der Waals surface area contributed by atoms with Crippen molar-refractivity contribution in [2.75, 3.05) is 16.8 Å². The molecule has 0 bridgehead atoms. The third kappa shape index (κ3) is 3.90. The molecule has 0 atom stereocenters. The Hall–Kier alpha value is -3.47. The number of carbonyl (C=O) groups is 2. The summed E-state index contributed by atoms with van der Waals surface area (Å²) in [7, 11) is 0. The number of fused-ring (bicyclic) bond motifs is 1. The highest BCUT2D eigenvalue weighted by Gasteiger charge is 2.26. The van der Waals surface area contributed by atoms with Gasteiger partial charge in [0, 0.05) is 17.9 Å². The van der Waals surface area contributed by atoms with Crippen molar-refractivity contribution in [2.45, 2.75) is 26.2 Å². The lowest BCUT2D eigenvalue weighted by Crippen LogP contribution is -2.30. The van der Waals surface area contributed by atoms with E-state index in [2.05, 4.69) is 24.1 Å². The molecular formula is C24H23N3O2. The molecule has 0 aliphatic carbocycles. The molecule has 2 heterocycles. The van der Waals surface area contributed by atoms with E-state index in [4.69, 9.17) is 0 Å². The zero-order valence-electron chi connectivity index (χ0n) is 16.6. The van der Waals surface area contributed by atoms with Crippen LogP contribution in [0.4, 0.5) is 11.4 Å². The van der Waals surface area contributed by atoms with Gasteiger partial charge in [-0.2, -0.15) is 0 Å². The van der Waals surface area contributed by atoms with Gasteiger partial charge < -0.3 is 10.2 Å². The van der Waals surface area contributed by atoms with E-state index in [0.29, 0.717) is 18.2 Å². The van der Waals surface area contributed by atoms with Crippen molar-refractivity contribution in [3.8, 4) is 0 Å². The molecule has 0 saturated carbocycles. The lowest BCUT2D eigenvalue weighted by Gasteiger charge is -2.17. The molecule has 29 heavy (non-hydrogen) atoms. The number of para-hydroxylation sites is 1. The molecule has 0 spiro atoms. The molecule has 0 unspecified atom stereocenters. The smallest absolute Gasteiger partial charge is 0.276 e. The summed E-state index contributed by atoms with van der Waals surface area (Å²) in [6, 6.07) is 20.6. The third-order valence-electron chi connectivity index (χ3n) is 5.17. The minimum absolute atomic E-state index is 0.189. The van der Waals surface area contributed by atoms with Gasteiger partial charge in [0.05, 0.1) is 0 Å². The second-order valence-electron chi connectivity index (χ2n) is 7.47. The summed E-state index contributed by atoms with van der Waals surface area (Å²) in [5.41, 5.74) is 4.46. The van der Waals surface area contributed by atoms with Gasteiger partial charge in [0.15, 0.2) is 0 Å². The van der Waals surface area contributed by atoms with Gasteiger partial charge in [0.1, 0.15) is 11.4 Å². The number of aromatic nitrogens is 1. The normalized spacial score (nSPS) is 12.7. The zero-order chi connectivity index (χ0) is 20.4. The fraction of sp³-hybridized carbons (Fsp3) is 0.208. The summed E-state index contributed by atoms with van der Waals surface area (Å²) >= 11 is 0. The lowest BCUT2D eigenvalue weighted by atomic mass is 10.0. The van der Waals surface area contributed by atoms with Crippen molar-refractivity contribution >= 4 is 23.2 Å². The van der Waals surface area contributed by atoms with Crippen LogP contribution in [0.25, 0.3) is 0 Å². The summed E-state index contributed by atoms with van der Waals surface area (Å²) in [6.45, 7) is 4.87. The molecule has 1 N–H and O–H groups in total. The van der Waals surface area contributed by atoms with E-state index in [9.17, 15) is 9.59 Å². The number of hydrogen-bond donors (Lipinski definition) is 1. The van der Waals surface area contributed by atoms with Crippen LogP contribution in [0.3, 0.4) is 0 Å². The Labute approximate surface area is 170 Å². The molecule has 3 aromatic rings. The SMILES string of the molecule is CC(C)c1ccc(NC(=O)c2cccc(C(=O)N3CCc4ccccc43)n2)cc1. The molecule has 4 rings (SSSR count). The monoisotopic (exact) mass is 385 g/mol. The van der Waals surface area contributed by atoms with Crippen LogP contribution in [0.5, 0.6) is 0 Å². The van der Waals surface area contributed by atoms with Gasteiger partial charge >= 0.3 is 0 Å². The molecule has 146 valence electrons. The Morgan fingerprint density at radius 2 is 1.66 bits per heavy atom. The number of amides is 2. The molecule has 5 nitrogen and oxygen atoms in total. The van der Waals surface area contributed by atoms with E-state index in [1.165, 1.54) is 5.56 Å². The predicted molar refractivity (Wildman–Crippen MR) is 115 cm³/mol. The average molecular weight is 385 g/mol. The fourth-order valence-corrected chi connectivity index (χ4v) is 3.51. The number of rotatable bonds is 4. The second kappa shape index (κ2) is 7.87. The van der Waals surface area contributed by atoms with Gasteiger partial charge in [-0.25, -0.2) is 4.98 Å². The molecule has 1 aliphatic heterocycles. The lowest BCUT2D eigenvalue weighted by molar-refractivity contribution is 0.0984. The Bertz CT molecular complexity index is 1060. The maximum absolute atomic E-state index is 13.0. The van der Waals surface area contributed by atoms with E-state index in [1.54, 1.807) is 23.1 Å². The number of carbonyl (C=O) groups excluding carboxylic acids is 2. The fourth-order valence-electron chi connectivity index (χ4n) is 3.51. The largest absolute Gasteiger partial charge is 0.321 e. The van der Waals surface area contributed by atoms with E-state index in [-0.39, 0.29) is 23.2 Å². The Morgan fingerprint density at radius 3 is 2.41 bits per heavy atom. The minimum atomic E-state index is -0.334. The van der Waals surface area contributed by atoms with Crippen LogP contribution in [0.1, 0.15) is 51.9 Å². The van der Waals surface area contributed by atoms with Crippen molar-refractivity contribution in [1.29, 1.82) is 0 Å². The molecule has 2 amide bonds. The quantitative estimate of drug-likeness (QED) is 0.710. The number of nitrogens with zero attached hydrogens (tertiary/aromatic N) is 2. The Balaban J connectivity index is 1.51. The number of benzene rings is 2. The van der Waals surface area contributed by atoms with E-state index < -0.39 is 0 Å². The molecule has 1 aliphatic rings. The van der Waals surface area contributed by atoms with Gasteiger partial charge in [0.2, 0.25) is 0 Å². The van der Waals surface area contributed by atoms with E-state index in [1.807, 2.05) is 48.5 Å². The molecule has 0 radical (unpaired) electrons. The summed E-state index contributed by atoms with van der Waals surface area (Å²) in [6.07, 6.45) is 0.828. The number of hydrogen-bond acceptors (Lipinski definition) is 3. The van der Waals surface area contributed by atoms with Gasteiger partial charge in [-0.3, -0.25) is 9.59 Å². The van der Waals surface area contributed by atoms with Crippen LogP contribution in [-0.4, -0.2) is 23.3 Å². The van der Waals surface area contributed by atoms with Gasteiger partial charge in [-0.05, 0) is 53.8 Å². The van der Waals surface area contributed by atoms with Crippen LogP contribution in [0.15, 0.2) is 66.7 Å². The van der Waals surface area contributed by atoms with Crippen LogP contribution in [-0.2, 0) is 6.42 Å². The Morgan fingerprint density at radius 1 is 0.931 bits per heavy atom. The van der Waals surface area contributed by atoms with Gasteiger partial charge in [0.25, 0.3) is 11.8 Å². The van der Waals surface area contributed by atoms with Gasteiger partial charge in [-0.15, -0.1) is 0 Å². The second-order valence-corrected chi connectivity index (χ2v) is 7.47.